The molecule has 3 N–H and O–H groups in total. The number of hydrogen-bond donors (Lipinski definition) is 3. The van der Waals surface area contributed by atoms with E-state index >= 15 is 0 Å². The average molecular weight is 345 g/mol. The van der Waals surface area contributed by atoms with Crippen molar-refractivity contribution in [2.75, 3.05) is 11.9 Å². The Morgan fingerprint density at radius 1 is 1.32 bits per heavy atom. The van der Waals surface area contributed by atoms with Gasteiger partial charge in [0.15, 0.2) is 12.4 Å². The smallest absolute Gasteiger partial charge is 0.173 e. The molecule has 4 rings (SSSR count). The van der Waals surface area contributed by atoms with Gasteiger partial charge in [-0.3, -0.25) is 4.98 Å². The first kappa shape index (κ1) is 15.9. The number of anilines is 2. The summed E-state index contributed by atoms with van der Waals surface area (Å²) in [5.41, 5.74) is 1.21. The number of rotatable bonds is 4. The molecule has 4 atom stereocenters. The minimum atomic E-state index is -1.67. The Balaban J connectivity index is 1.70. The van der Waals surface area contributed by atoms with E-state index in [1.54, 1.807) is 30.7 Å². The van der Waals surface area contributed by atoms with Gasteiger partial charge in [-0.1, -0.05) is 0 Å². The van der Waals surface area contributed by atoms with Gasteiger partial charge in [-0.05, 0) is 18.2 Å². The lowest BCUT2D eigenvalue weighted by molar-refractivity contribution is -0.0457. The van der Waals surface area contributed by atoms with Gasteiger partial charge in [0.05, 0.1) is 23.9 Å². The molecule has 0 unspecified atom stereocenters. The SMILES string of the molecule is OC[C@H]1O[C@@H](n2ccc3c(Nc4cccnc4)ncnc32)[C@@H](F)[C@@H]1O. The highest BCUT2D eigenvalue weighted by Crippen LogP contribution is 2.35. The highest BCUT2D eigenvalue weighted by Gasteiger charge is 2.45. The van der Waals surface area contributed by atoms with Crippen LogP contribution in [0.2, 0.25) is 0 Å². The first-order chi connectivity index (χ1) is 12.2. The summed E-state index contributed by atoms with van der Waals surface area (Å²) in [5, 5.41) is 22.8. The molecule has 0 saturated carbocycles. The van der Waals surface area contributed by atoms with E-state index in [9.17, 15) is 14.6 Å². The molecule has 0 aliphatic carbocycles. The van der Waals surface area contributed by atoms with E-state index in [0.29, 0.717) is 16.9 Å². The van der Waals surface area contributed by atoms with Crippen molar-refractivity contribution < 1.29 is 19.3 Å². The molecule has 1 aliphatic heterocycles. The maximum Gasteiger partial charge on any atom is 0.173 e. The Kier molecular flexibility index (Phi) is 4.04. The second-order valence-corrected chi connectivity index (χ2v) is 5.73. The molecule has 8 nitrogen and oxygen atoms in total. The van der Waals surface area contributed by atoms with E-state index < -0.39 is 31.2 Å². The number of aliphatic hydroxyl groups is 2. The van der Waals surface area contributed by atoms with Gasteiger partial charge >= 0.3 is 0 Å². The molecule has 0 aromatic carbocycles. The van der Waals surface area contributed by atoms with Gasteiger partial charge in [-0.25, -0.2) is 14.4 Å². The highest BCUT2D eigenvalue weighted by atomic mass is 19.1. The Hall–Kier alpha value is -2.62. The summed E-state index contributed by atoms with van der Waals surface area (Å²) in [6.45, 7) is -0.458. The molecule has 4 heterocycles. The van der Waals surface area contributed by atoms with E-state index in [-0.39, 0.29) is 0 Å². The van der Waals surface area contributed by atoms with Crippen LogP contribution in [0.25, 0.3) is 11.0 Å². The highest BCUT2D eigenvalue weighted by molar-refractivity contribution is 5.89. The van der Waals surface area contributed by atoms with Crippen LogP contribution in [0.15, 0.2) is 43.1 Å². The maximum absolute atomic E-state index is 14.4. The van der Waals surface area contributed by atoms with Crippen LogP contribution >= 0.6 is 0 Å². The van der Waals surface area contributed by atoms with Crippen LogP contribution in [0.5, 0.6) is 0 Å². The summed E-state index contributed by atoms with van der Waals surface area (Å²) in [4.78, 5) is 12.5. The molecule has 25 heavy (non-hydrogen) atoms. The molecule has 9 heteroatoms. The van der Waals surface area contributed by atoms with Crippen LogP contribution in [-0.4, -0.2) is 54.7 Å². The van der Waals surface area contributed by atoms with Crippen molar-refractivity contribution in [2.45, 2.75) is 24.6 Å². The fourth-order valence-electron chi connectivity index (χ4n) is 2.93. The number of aromatic nitrogens is 4. The molecule has 130 valence electrons. The van der Waals surface area contributed by atoms with Crippen LogP contribution < -0.4 is 5.32 Å². The van der Waals surface area contributed by atoms with Gasteiger partial charge in [0.25, 0.3) is 0 Å². The van der Waals surface area contributed by atoms with E-state index in [0.717, 1.165) is 5.69 Å². The van der Waals surface area contributed by atoms with E-state index in [2.05, 4.69) is 20.3 Å². The number of alkyl halides is 1. The number of aliphatic hydroxyl groups excluding tert-OH is 2. The summed E-state index contributed by atoms with van der Waals surface area (Å²) >= 11 is 0. The Morgan fingerprint density at radius 2 is 2.20 bits per heavy atom. The summed E-state index contributed by atoms with van der Waals surface area (Å²) < 4.78 is 21.3. The van der Waals surface area contributed by atoms with Gasteiger partial charge in [-0.2, -0.15) is 0 Å². The van der Waals surface area contributed by atoms with Crippen molar-refractivity contribution in [3.05, 3.63) is 43.1 Å². The topological polar surface area (TPSA) is 105 Å². The van der Waals surface area contributed by atoms with E-state index in [4.69, 9.17) is 4.74 Å². The molecular weight excluding hydrogens is 329 g/mol. The van der Waals surface area contributed by atoms with Crippen LogP contribution in [0.3, 0.4) is 0 Å². The van der Waals surface area contributed by atoms with Crippen molar-refractivity contribution in [1.82, 2.24) is 19.5 Å². The summed E-state index contributed by atoms with van der Waals surface area (Å²) in [6, 6.07) is 5.38. The van der Waals surface area contributed by atoms with Gasteiger partial charge in [0.2, 0.25) is 0 Å². The summed E-state index contributed by atoms with van der Waals surface area (Å²) in [5.74, 6) is 0.546. The molecule has 0 spiro atoms. The Bertz CT molecular complexity index is 875. The number of fused-ring (bicyclic) bond motifs is 1. The lowest BCUT2D eigenvalue weighted by Gasteiger charge is -2.16. The summed E-state index contributed by atoms with van der Waals surface area (Å²) in [6.07, 6.45) is 1.22. The van der Waals surface area contributed by atoms with Crippen LogP contribution in [0, 0.1) is 0 Å². The molecule has 1 saturated heterocycles. The number of pyridine rings is 1. The molecule has 1 fully saturated rings. The monoisotopic (exact) mass is 345 g/mol. The number of halogens is 1. The normalized spacial score (nSPS) is 26.2. The van der Waals surface area contributed by atoms with Gasteiger partial charge in [0, 0.05) is 12.4 Å². The average Bonchev–Trinajstić information content (AvgIpc) is 3.18. The second-order valence-electron chi connectivity index (χ2n) is 5.73. The predicted molar refractivity (Wildman–Crippen MR) is 86.9 cm³/mol. The molecule has 3 aromatic rings. The lowest BCUT2D eigenvalue weighted by atomic mass is 10.1. The van der Waals surface area contributed by atoms with Gasteiger partial charge < -0.3 is 24.8 Å². The minimum absolute atomic E-state index is 0.458. The lowest BCUT2D eigenvalue weighted by Crippen LogP contribution is -2.30. The zero-order valence-corrected chi connectivity index (χ0v) is 13.0. The summed E-state index contributed by atoms with van der Waals surface area (Å²) in [7, 11) is 0. The zero-order valence-electron chi connectivity index (χ0n) is 13.0. The van der Waals surface area contributed by atoms with Crippen LogP contribution in [0.4, 0.5) is 15.9 Å². The molecule has 0 radical (unpaired) electrons. The first-order valence-corrected chi connectivity index (χ1v) is 7.76. The number of hydrogen-bond acceptors (Lipinski definition) is 7. The number of nitrogens with one attached hydrogen (secondary N) is 1. The minimum Gasteiger partial charge on any atom is -0.394 e. The van der Waals surface area contributed by atoms with Crippen molar-refractivity contribution in [2.24, 2.45) is 0 Å². The quantitative estimate of drug-likeness (QED) is 0.651. The molecule has 1 aliphatic rings. The van der Waals surface area contributed by atoms with Crippen molar-refractivity contribution in [3.8, 4) is 0 Å². The number of nitrogens with zero attached hydrogens (tertiary/aromatic N) is 4. The van der Waals surface area contributed by atoms with Crippen molar-refractivity contribution in [3.63, 3.8) is 0 Å². The fourth-order valence-corrected chi connectivity index (χ4v) is 2.93. The van der Waals surface area contributed by atoms with Crippen molar-refractivity contribution in [1.29, 1.82) is 0 Å². The fraction of sp³-hybridized carbons (Fsp3) is 0.312. The third-order valence-electron chi connectivity index (χ3n) is 4.18. The first-order valence-electron chi connectivity index (χ1n) is 7.76. The van der Waals surface area contributed by atoms with Gasteiger partial charge in [0.1, 0.15) is 30.0 Å². The predicted octanol–water partition coefficient (Wildman–Crippen LogP) is 1.16. The van der Waals surface area contributed by atoms with Gasteiger partial charge in [-0.15, -0.1) is 0 Å². The Labute approximate surface area is 141 Å². The second kappa shape index (κ2) is 6.36. The van der Waals surface area contributed by atoms with E-state index in [1.165, 1.54) is 10.9 Å². The van der Waals surface area contributed by atoms with Crippen LogP contribution in [-0.2, 0) is 4.74 Å². The van der Waals surface area contributed by atoms with E-state index in [1.807, 2.05) is 6.07 Å². The zero-order chi connectivity index (χ0) is 17.4. The molecule has 3 aromatic heterocycles. The van der Waals surface area contributed by atoms with Crippen molar-refractivity contribution >= 4 is 22.5 Å². The molecular formula is C16H16FN5O3. The van der Waals surface area contributed by atoms with Crippen LogP contribution in [0.1, 0.15) is 6.23 Å². The molecule has 0 bridgehead atoms. The standard InChI is InChI=1S/C16H16FN5O3/c17-12-13(24)11(7-23)25-16(12)22-5-3-10-14(19-8-20-15(10)22)21-9-2-1-4-18-6-9/h1-6,8,11-13,16,23-24H,7H2,(H,19,20,21)/t11-,12+,13-,16-/m1/s1. The molecule has 0 amide bonds. The number of ether oxygens (including phenoxy) is 1. The maximum atomic E-state index is 14.4. The third-order valence-corrected chi connectivity index (χ3v) is 4.18. The largest absolute Gasteiger partial charge is 0.394 e. The Morgan fingerprint density at radius 3 is 2.92 bits per heavy atom. The third kappa shape index (κ3) is 2.72.